The highest BCUT2D eigenvalue weighted by Gasteiger charge is 2.05. The minimum absolute atomic E-state index is 0.0443. The van der Waals surface area contributed by atoms with E-state index in [1.54, 1.807) is 13.8 Å². The van der Waals surface area contributed by atoms with Crippen LogP contribution in [0.3, 0.4) is 0 Å². The van der Waals surface area contributed by atoms with Crippen molar-refractivity contribution >= 4 is 9.73 Å². The summed E-state index contributed by atoms with van der Waals surface area (Å²) in [5.74, 6) is 0. The molecule has 0 aliphatic rings. The van der Waals surface area contributed by atoms with Crippen LogP contribution in [-0.2, 0) is 9.73 Å². The molecule has 0 saturated carbocycles. The average Bonchev–Trinajstić information content (AvgIpc) is 1.65. The number of nitrogens with zero attached hydrogens (tertiary/aromatic N) is 2. The first-order valence-electron chi connectivity index (χ1n) is 2.60. The van der Waals surface area contributed by atoms with Gasteiger partial charge in [-0.25, -0.2) is 4.21 Å². The van der Waals surface area contributed by atoms with E-state index in [4.69, 9.17) is 5.26 Å². The molecule has 3 nitrogen and oxygen atoms in total. The number of nitriles is 1. The van der Waals surface area contributed by atoms with Gasteiger partial charge in [0.15, 0.2) is 0 Å². The number of hydrogen-bond acceptors (Lipinski definition) is 3. The molecular weight excluding hydrogens is 136 g/mol. The Hall–Kier alpha value is -0.560. The van der Waals surface area contributed by atoms with Crippen LogP contribution in [0, 0.1) is 11.5 Å². The lowest BCUT2D eigenvalue weighted by Gasteiger charge is -2.02. The van der Waals surface area contributed by atoms with E-state index in [1.165, 1.54) is 12.4 Å². The molecule has 0 heterocycles. The van der Waals surface area contributed by atoms with Crippen LogP contribution >= 0.6 is 0 Å². The lowest BCUT2D eigenvalue weighted by Crippen LogP contribution is -2.10. The third-order valence-corrected chi connectivity index (χ3v) is 3.29. The normalized spacial score (nSPS) is 16.3. The van der Waals surface area contributed by atoms with Crippen molar-refractivity contribution in [2.45, 2.75) is 19.1 Å². The molecule has 4 heteroatoms. The summed E-state index contributed by atoms with van der Waals surface area (Å²) < 4.78 is 14.4. The Labute approximate surface area is 55.9 Å². The maximum Gasteiger partial charge on any atom is 0.214 e. The maximum absolute atomic E-state index is 11.1. The summed E-state index contributed by atoms with van der Waals surface area (Å²) in [6, 6.07) is 0. The topological polar surface area (TPSA) is 53.2 Å². The van der Waals surface area contributed by atoms with Gasteiger partial charge in [-0.15, -0.1) is 4.36 Å². The monoisotopic (exact) mass is 146 g/mol. The van der Waals surface area contributed by atoms with E-state index >= 15 is 0 Å². The van der Waals surface area contributed by atoms with Gasteiger partial charge in [0.2, 0.25) is 6.19 Å². The molecule has 0 rings (SSSR count). The lowest BCUT2D eigenvalue weighted by atomic mass is 10.6. The van der Waals surface area contributed by atoms with E-state index in [9.17, 15) is 4.21 Å². The quantitative estimate of drug-likeness (QED) is 0.518. The standard InChI is InChI=1S/C5H10N2OS/c1-5(2)9(3,8)7-4-6/h5H,1-3H3/t9-/m0/s1. The zero-order valence-electron chi connectivity index (χ0n) is 5.79. The van der Waals surface area contributed by atoms with Crippen LogP contribution in [0.4, 0.5) is 0 Å². The average molecular weight is 146 g/mol. The largest absolute Gasteiger partial charge is 0.249 e. The smallest absolute Gasteiger partial charge is 0.214 e. The first-order chi connectivity index (χ1) is 4.00. The third-order valence-electron chi connectivity index (χ3n) is 1.10. The first kappa shape index (κ1) is 8.44. The zero-order chi connectivity index (χ0) is 7.49. The lowest BCUT2D eigenvalue weighted by molar-refractivity contribution is 0.674. The van der Waals surface area contributed by atoms with Gasteiger partial charge in [0, 0.05) is 11.5 Å². The molecule has 0 bridgehead atoms. The molecule has 0 N–H and O–H groups in total. The molecule has 0 fully saturated rings. The van der Waals surface area contributed by atoms with E-state index in [0.717, 1.165) is 0 Å². The van der Waals surface area contributed by atoms with Gasteiger partial charge in [-0.3, -0.25) is 0 Å². The highest BCUT2D eigenvalue weighted by atomic mass is 32.2. The van der Waals surface area contributed by atoms with Gasteiger partial charge in [-0.2, -0.15) is 5.26 Å². The summed E-state index contributed by atoms with van der Waals surface area (Å²) >= 11 is 0. The molecule has 0 aromatic rings. The summed E-state index contributed by atoms with van der Waals surface area (Å²) in [6.07, 6.45) is 3.03. The van der Waals surface area contributed by atoms with Crippen LogP contribution < -0.4 is 0 Å². The first-order valence-corrected chi connectivity index (χ1v) is 4.58. The van der Waals surface area contributed by atoms with Crippen molar-refractivity contribution in [3.63, 3.8) is 0 Å². The molecule has 0 amide bonds. The number of hydrogen-bond donors (Lipinski definition) is 0. The van der Waals surface area contributed by atoms with E-state index in [2.05, 4.69) is 4.36 Å². The molecule has 0 unspecified atom stereocenters. The molecule has 0 spiro atoms. The van der Waals surface area contributed by atoms with E-state index in [0.29, 0.717) is 0 Å². The minimum Gasteiger partial charge on any atom is -0.249 e. The van der Waals surface area contributed by atoms with Crippen LogP contribution in [0.5, 0.6) is 0 Å². The third kappa shape index (κ3) is 2.47. The van der Waals surface area contributed by atoms with E-state index in [1.807, 2.05) is 0 Å². The van der Waals surface area contributed by atoms with Crippen molar-refractivity contribution in [3.05, 3.63) is 0 Å². The van der Waals surface area contributed by atoms with Crippen LogP contribution in [0.2, 0.25) is 0 Å². The Balaban J connectivity index is 4.66. The fourth-order valence-electron chi connectivity index (χ4n) is 0.186. The second-order valence-electron chi connectivity index (χ2n) is 2.10. The highest BCUT2D eigenvalue weighted by Crippen LogP contribution is 1.99. The van der Waals surface area contributed by atoms with Crippen LogP contribution in [0.25, 0.3) is 0 Å². The second kappa shape index (κ2) is 2.83. The number of rotatable bonds is 1. The fraction of sp³-hybridized carbons (Fsp3) is 0.800. The van der Waals surface area contributed by atoms with Crippen molar-refractivity contribution in [2.24, 2.45) is 4.36 Å². The summed E-state index contributed by atoms with van der Waals surface area (Å²) in [6.45, 7) is 3.56. The molecule has 0 aromatic carbocycles. The van der Waals surface area contributed by atoms with Gasteiger partial charge in [-0.05, 0) is 0 Å². The molecular formula is C5H10N2OS. The summed E-state index contributed by atoms with van der Waals surface area (Å²) in [5, 5.41) is 8.01. The predicted octanol–water partition coefficient (Wildman–Crippen LogP) is 0.974. The Morgan fingerprint density at radius 2 is 2.11 bits per heavy atom. The summed E-state index contributed by atoms with van der Waals surface area (Å²) in [5.41, 5.74) is 0. The van der Waals surface area contributed by atoms with E-state index in [-0.39, 0.29) is 5.25 Å². The highest BCUT2D eigenvalue weighted by molar-refractivity contribution is 7.93. The Bertz CT molecular complexity index is 230. The van der Waals surface area contributed by atoms with Crippen LogP contribution in [0.1, 0.15) is 13.8 Å². The SMILES string of the molecule is CC(C)[S@](C)(=O)=NC#N. The Kier molecular flexibility index (Phi) is 2.65. The van der Waals surface area contributed by atoms with Crippen molar-refractivity contribution in [3.8, 4) is 6.19 Å². The van der Waals surface area contributed by atoms with Crippen LogP contribution in [0.15, 0.2) is 4.36 Å². The molecule has 0 saturated heterocycles. The predicted molar refractivity (Wildman–Crippen MR) is 37.2 cm³/mol. The minimum atomic E-state index is -2.23. The van der Waals surface area contributed by atoms with Crippen molar-refractivity contribution in [2.75, 3.05) is 6.26 Å². The Morgan fingerprint density at radius 3 is 2.22 bits per heavy atom. The summed E-state index contributed by atoms with van der Waals surface area (Å²) in [4.78, 5) is 0. The summed E-state index contributed by atoms with van der Waals surface area (Å²) in [7, 11) is -2.23. The fourth-order valence-corrected chi connectivity index (χ4v) is 0.559. The Morgan fingerprint density at radius 1 is 1.67 bits per heavy atom. The van der Waals surface area contributed by atoms with Gasteiger partial charge in [0.05, 0.1) is 9.73 Å². The second-order valence-corrected chi connectivity index (χ2v) is 4.95. The van der Waals surface area contributed by atoms with Gasteiger partial charge in [0.1, 0.15) is 0 Å². The van der Waals surface area contributed by atoms with Crippen molar-refractivity contribution in [1.29, 1.82) is 5.26 Å². The molecule has 0 aromatic heterocycles. The molecule has 0 aliphatic carbocycles. The van der Waals surface area contributed by atoms with Gasteiger partial charge >= 0.3 is 0 Å². The van der Waals surface area contributed by atoms with Gasteiger partial charge in [0.25, 0.3) is 0 Å². The molecule has 9 heavy (non-hydrogen) atoms. The maximum atomic E-state index is 11.1. The van der Waals surface area contributed by atoms with E-state index < -0.39 is 9.73 Å². The molecule has 52 valence electrons. The van der Waals surface area contributed by atoms with Crippen molar-refractivity contribution < 1.29 is 4.21 Å². The van der Waals surface area contributed by atoms with Crippen LogP contribution in [-0.4, -0.2) is 15.7 Å². The molecule has 0 aliphatic heterocycles. The van der Waals surface area contributed by atoms with Gasteiger partial charge in [-0.1, -0.05) is 13.8 Å². The molecule has 0 radical (unpaired) electrons. The molecule has 1 atom stereocenters. The van der Waals surface area contributed by atoms with Gasteiger partial charge < -0.3 is 0 Å². The van der Waals surface area contributed by atoms with Crippen molar-refractivity contribution in [1.82, 2.24) is 0 Å². The zero-order valence-corrected chi connectivity index (χ0v) is 6.60.